The maximum absolute atomic E-state index is 6.06. The highest BCUT2D eigenvalue weighted by atomic mass is 16.5. The molecule has 4 rings (SSSR count). The molecule has 1 fully saturated rings. The standard InChI is InChI=1S/C22H22N4O2/c1-15-24-12-17(6-5-16-4-3-9-23-11-16)22(26-15)28-14-18-10-20(18)21-8-7-19(27-2)13-25-21/h3-9,11-13,18,20H,10,14H2,1-2H3/b6-5+/t18-,20?/m1/s1. The Morgan fingerprint density at radius 3 is 2.79 bits per heavy atom. The molecule has 28 heavy (non-hydrogen) atoms. The number of ether oxygens (including phenoxy) is 2. The predicted molar refractivity (Wildman–Crippen MR) is 107 cm³/mol. The average molecular weight is 374 g/mol. The van der Waals surface area contributed by atoms with Crippen LogP contribution in [0, 0.1) is 12.8 Å². The fourth-order valence-corrected chi connectivity index (χ4v) is 3.06. The number of pyridine rings is 2. The summed E-state index contributed by atoms with van der Waals surface area (Å²) in [6, 6.07) is 7.88. The van der Waals surface area contributed by atoms with Crippen LogP contribution in [0.4, 0.5) is 0 Å². The first-order valence-corrected chi connectivity index (χ1v) is 9.27. The van der Waals surface area contributed by atoms with Gasteiger partial charge in [-0.25, -0.2) is 4.98 Å². The molecule has 0 aliphatic heterocycles. The molecule has 142 valence electrons. The monoisotopic (exact) mass is 374 g/mol. The van der Waals surface area contributed by atoms with E-state index in [1.807, 2.05) is 49.5 Å². The van der Waals surface area contributed by atoms with Gasteiger partial charge in [-0.3, -0.25) is 9.97 Å². The second-order valence-electron chi connectivity index (χ2n) is 6.83. The van der Waals surface area contributed by atoms with Crippen LogP contribution in [0.25, 0.3) is 12.2 Å². The van der Waals surface area contributed by atoms with E-state index < -0.39 is 0 Å². The van der Waals surface area contributed by atoms with Gasteiger partial charge in [0.1, 0.15) is 11.6 Å². The van der Waals surface area contributed by atoms with Gasteiger partial charge >= 0.3 is 0 Å². The fraction of sp³-hybridized carbons (Fsp3) is 0.273. The van der Waals surface area contributed by atoms with E-state index in [1.54, 1.807) is 25.7 Å². The third-order valence-corrected chi connectivity index (χ3v) is 4.77. The van der Waals surface area contributed by atoms with Crippen molar-refractivity contribution in [1.82, 2.24) is 19.9 Å². The van der Waals surface area contributed by atoms with Gasteiger partial charge in [-0.1, -0.05) is 12.1 Å². The van der Waals surface area contributed by atoms with E-state index in [9.17, 15) is 0 Å². The largest absolute Gasteiger partial charge is 0.495 e. The van der Waals surface area contributed by atoms with Gasteiger partial charge in [-0.05, 0) is 43.2 Å². The van der Waals surface area contributed by atoms with Crippen molar-refractivity contribution in [3.8, 4) is 11.6 Å². The van der Waals surface area contributed by atoms with Gasteiger partial charge in [0, 0.05) is 36.1 Å². The van der Waals surface area contributed by atoms with Crippen molar-refractivity contribution >= 4 is 12.2 Å². The Morgan fingerprint density at radius 2 is 2.04 bits per heavy atom. The Kier molecular flexibility index (Phi) is 5.28. The van der Waals surface area contributed by atoms with Crippen LogP contribution in [0.1, 0.15) is 35.0 Å². The number of rotatable bonds is 7. The predicted octanol–water partition coefficient (Wildman–Crippen LogP) is 3.94. The van der Waals surface area contributed by atoms with Crippen molar-refractivity contribution in [2.75, 3.05) is 13.7 Å². The number of methoxy groups -OCH3 is 1. The molecule has 0 saturated heterocycles. The molecule has 3 heterocycles. The van der Waals surface area contributed by atoms with Gasteiger partial charge in [0.15, 0.2) is 0 Å². The third-order valence-electron chi connectivity index (χ3n) is 4.77. The van der Waals surface area contributed by atoms with Gasteiger partial charge in [0.05, 0.1) is 25.5 Å². The van der Waals surface area contributed by atoms with Crippen LogP contribution in [0.5, 0.6) is 11.6 Å². The molecular weight excluding hydrogens is 352 g/mol. The highest BCUT2D eigenvalue weighted by Gasteiger charge is 2.40. The van der Waals surface area contributed by atoms with E-state index in [-0.39, 0.29) is 0 Å². The van der Waals surface area contributed by atoms with Crippen LogP contribution in [-0.2, 0) is 0 Å². The molecule has 0 radical (unpaired) electrons. The first-order chi connectivity index (χ1) is 13.7. The lowest BCUT2D eigenvalue weighted by Gasteiger charge is -2.09. The van der Waals surface area contributed by atoms with Crippen LogP contribution in [-0.4, -0.2) is 33.7 Å². The van der Waals surface area contributed by atoms with Crippen LogP contribution < -0.4 is 9.47 Å². The zero-order chi connectivity index (χ0) is 19.3. The number of aryl methyl sites for hydroxylation is 1. The molecule has 0 amide bonds. The number of hydrogen-bond donors (Lipinski definition) is 0. The van der Waals surface area contributed by atoms with Crippen molar-refractivity contribution in [3.05, 3.63) is 71.7 Å². The Bertz CT molecular complexity index is 958. The molecule has 6 heteroatoms. The quantitative estimate of drug-likeness (QED) is 0.624. The van der Waals surface area contributed by atoms with Crippen LogP contribution in [0.3, 0.4) is 0 Å². The molecular formula is C22H22N4O2. The minimum absolute atomic E-state index is 0.434. The van der Waals surface area contributed by atoms with Crippen LogP contribution in [0.15, 0.2) is 49.1 Å². The highest BCUT2D eigenvalue weighted by Crippen LogP contribution is 2.47. The summed E-state index contributed by atoms with van der Waals surface area (Å²) in [5.41, 5.74) is 2.96. The minimum Gasteiger partial charge on any atom is -0.495 e. The molecule has 0 spiro atoms. The molecule has 3 aromatic heterocycles. The number of hydrogen-bond acceptors (Lipinski definition) is 6. The maximum atomic E-state index is 6.06. The van der Waals surface area contributed by atoms with Gasteiger partial charge in [0.25, 0.3) is 0 Å². The zero-order valence-electron chi connectivity index (χ0n) is 15.9. The molecule has 0 aromatic carbocycles. The van der Waals surface area contributed by atoms with Crippen LogP contribution >= 0.6 is 0 Å². The lowest BCUT2D eigenvalue weighted by molar-refractivity contribution is 0.283. The van der Waals surface area contributed by atoms with Gasteiger partial charge < -0.3 is 9.47 Å². The van der Waals surface area contributed by atoms with Crippen molar-refractivity contribution in [1.29, 1.82) is 0 Å². The molecule has 6 nitrogen and oxygen atoms in total. The molecule has 1 unspecified atom stereocenters. The lowest BCUT2D eigenvalue weighted by Crippen LogP contribution is -2.05. The fourth-order valence-electron chi connectivity index (χ4n) is 3.06. The molecule has 1 aliphatic rings. The summed E-state index contributed by atoms with van der Waals surface area (Å²) < 4.78 is 11.2. The zero-order valence-corrected chi connectivity index (χ0v) is 15.9. The van der Waals surface area contributed by atoms with E-state index in [2.05, 4.69) is 19.9 Å². The first-order valence-electron chi connectivity index (χ1n) is 9.27. The van der Waals surface area contributed by atoms with Gasteiger partial charge in [-0.2, -0.15) is 4.98 Å². The summed E-state index contributed by atoms with van der Waals surface area (Å²) in [4.78, 5) is 17.4. The number of nitrogens with zero attached hydrogens (tertiary/aromatic N) is 4. The summed E-state index contributed by atoms with van der Waals surface area (Å²) in [7, 11) is 1.65. The van der Waals surface area contributed by atoms with Crippen molar-refractivity contribution in [2.24, 2.45) is 5.92 Å². The third kappa shape index (κ3) is 4.34. The molecule has 2 atom stereocenters. The molecule has 0 bridgehead atoms. The summed E-state index contributed by atoms with van der Waals surface area (Å²) in [5, 5.41) is 0. The second kappa shape index (κ2) is 8.17. The van der Waals surface area contributed by atoms with E-state index in [0.717, 1.165) is 29.0 Å². The summed E-state index contributed by atoms with van der Waals surface area (Å²) in [5.74, 6) is 2.96. The van der Waals surface area contributed by atoms with E-state index in [4.69, 9.17) is 9.47 Å². The van der Waals surface area contributed by atoms with Crippen LogP contribution in [0.2, 0.25) is 0 Å². The Morgan fingerprint density at radius 1 is 1.11 bits per heavy atom. The highest BCUT2D eigenvalue weighted by molar-refractivity contribution is 5.70. The minimum atomic E-state index is 0.434. The lowest BCUT2D eigenvalue weighted by atomic mass is 10.2. The Hall–Kier alpha value is -3.28. The SMILES string of the molecule is COc1ccc(C2C[C@@H]2COc2nc(C)ncc2/C=C/c2cccnc2)nc1. The van der Waals surface area contributed by atoms with Gasteiger partial charge in [-0.15, -0.1) is 0 Å². The Labute approximate surface area is 164 Å². The summed E-state index contributed by atoms with van der Waals surface area (Å²) in [6.07, 6.45) is 12.1. The smallest absolute Gasteiger partial charge is 0.224 e. The molecule has 0 N–H and O–H groups in total. The van der Waals surface area contributed by atoms with Crippen molar-refractivity contribution in [2.45, 2.75) is 19.3 Å². The van der Waals surface area contributed by atoms with Crippen molar-refractivity contribution in [3.63, 3.8) is 0 Å². The van der Waals surface area contributed by atoms with Crippen molar-refractivity contribution < 1.29 is 9.47 Å². The van der Waals surface area contributed by atoms with Gasteiger partial charge in [0.2, 0.25) is 5.88 Å². The van der Waals surface area contributed by atoms with E-state index in [1.165, 1.54) is 0 Å². The molecule has 1 aliphatic carbocycles. The topological polar surface area (TPSA) is 70.0 Å². The maximum Gasteiger partial charge on any atom is 0.224 e. The first kappa shape index (κ1) is 18.1. The summed E-state index contributed by atoms with van der Waals surface area (Å²) >= 11 is 0. The average Bonchev–Trinajstić information content (AvgIpc) is 3.52. The second-order valence-corrected chi connectivity index (χ2v) is 6.83. The molecule has 1 saturated carbocycles. The normalized spacial score (nSPS) is 18.2. The van der Waals surface area contributed by atoms with E-state index >= 15 is 0 Å². The van der Waals surface area contributed by atoms with E-state index in [0.29, 0.717) is 30.1 Å². The number of aromatic nitrogens is 4. The summed E-state index contributed by atoms with van der Waals surface area (Å²) in [6.45, 7) is 2.48. The Balaban J connectivity index is 1.41. The molecule has 3 aromatic rings.